The van der Waals surface area contributed by atoms with Crippen LogP contribution in [0.3, 0.4) is 0 Å². The summed E-state index contributed by atoms with van der Waals surface area (Å²) in [6.45, 7) is 0.0798. The number of aliphatic hydroxyl groups excluding tert-OH is 1. The van der Waals surface area contributed by atoms with Crippen LogP contribution < -0.4 is 5.73 Å². The number of aliphatic hydroxyl groups is 1. The summed E-state index contributed by atoms with van der Waals surface area (Å²) < 4.78 is 0.490. The van der Waals surface area contributed by atoms with E-state index in [2.05, 4.69) is 15.9 Å². The summed E-state index contributed by atoms with van der Waals surface area (Å²) in [5.41, 5.74) is 5.80. The number of hydrogen-bond acceptors (Lipinski definition) is 4. The number of hydrogen-bond donors (Lipinski definition) is 2. The molecule has 0 aromatic heterocycles. The molecule has 0 radical (unpaired) electrons. The zero-order valence-corrected chi connectivity index (χ0v) is 8.77. The second-order valence-corrected chi connectivity index (χ2v) is 3.57. The lowest BCUT2D eigenvalue weighted by Gasteiger charge is -2.09. The van der Waals surface area contributed by atoms with Crippen molar-refractivity contribution in [3.63, 3.8) is 0 Å². The van der Waals surface area contributed by atoms with Crippen LogP contribution in [0.5, 0.6) is 0 Å². The summed E-state index contributed by atoms with van der Waals surface area (Å²) in [6.07, 6.45) is -0.801. The van der Waals surface area contributed by atoms with Gasteiger partial charge in [-0.3, -0.25) is 10.1 Å². The van der Waals surface area contributed by atoms with E-state index in [1.807, 2.05) is 0 Å². The first-order chi connectivity index (χ1) is 6.56. The van der Waals surface area contributed by atoms with Crippen LogP contribution in [-0.4, -0.2) is 16.6 Å². The van der Waals surface area contributed by atoms with Crippen molar-refractivity contribution >= 4 is 21.6 Å². The van der Waals surface area contributed by atoms with Crippen molar-refractivity contribution in [2.45, 2.75) is 6.10 Å². The monoisotopic (exact) mass is 260 g/mol. The number of non-ortho nitro benzene ring substituents is 1. The summed E-state index contributed by atoms with van der Waals surface area (Å²) in [7, 11) is 0. The van der Waals surface area contributed by atoms with Crippen molar-refractivity contribution in [1.29, 1.82) is 0 Å². The van der Waals surface area contributed by atoms with E-state index in [0.29, 0.717) is 10.0 Å². The molecule has 0 fully saturated rings. The summed E-state index contributed by atoms with van der Waals surface area (Å²) in [6, 6.07) is 4.16. The molecule has 0 heterocycles. The van der Waals surface area contributed by atoms with Gasteiger partial charge in [-0.05, 0) is 11.6 Å². The molecule has 5 nitrogen and oxygen atoms in total. The van der Waals surface area contributed by atoms with E-state index < -0.39 is 11.0 Å². The average Bonchev–Trinajstić information content (AvgIpc) is 2.16. The molecule has 0 spiro atoms. The molecule has 0 aliphatic heterocycles. The molecule has 0 saturated heterocycles. The van der Waals surface area contributed by atoms with Crippen LogP contribution in [0.25, 0.3) is 0 Å². The third kappa shape index (κ3) is 2.28. The van der Waals surface area contributed by atoms with Crippen molar-refractivity contribution < 1.29 is 10.0 Å². The third-order valence-corrected chi connectivity index (χ3v) is 2.46. The van der Waals surface area contributed by atoms with Gasteiger partial charge in [-0.15, -0.1) is 0 Å². The van der Waals surface area contributed by atoms with Gasteiger partial charge in [-0.2, -0.15) is 0 Å². The van der Waals surface area contributed by atoms with Gasteiger partial charge in [0.25, 0.3) is 5.69 Å². The first-order valence-electron chi connectivity index (χ1n) is 3.88. The van der Waals surface area contributed by atoms with E-state index in [-0.39, 0.29) is 12.2 Å². The lowest BCUT2D eigenvalue weighted by molar-refractivity contribution is -0.385. The maximum absolute atomic E-state index is 10.4. The lowest BCUT2D eigenvalue weighted by Crippen LogP contribution is -2.12. The predicted molar refractivity (Wildman–Crippen MR) is 54.8 cm³/mol. The highest BCUT2D eigenvalue weighted by Crippen LogP contribution is 2.27. The maximum atomic E-state index is 10.4. The van der Waals surface area contributed by atoms with Gasteiger partial charge >= 0.3 is 0 Å². The number of nitrogens with two attached hydrogens (primary N) is 1. The van der Waals surface area contributed by atoms with Crippen molar-refractivity contribution in [2.24, 2.45) is 5.73 Å². The zero-order valence-electron chi connectivity index (χ0n) is 7.18. The smallest absolute Gasteiger partial charge is 0.270 e. The number of nitrogens with zero attached hydrogens (tertiary/aromatic N) is 1. The average molecular weight is 261 g/mol. The Balaban J connectivity index is 3.07. The molecule has 76 valence electrons. The van der Waals surface area contributed by atoms with E-state index >= 15 is 0 Å². The Morgan fingerprint density at radius 2 is 2.29 bits per heavy atom. The highest BCUT2D eigenvalue weighted by molar-refractivity contribution is 9.10. The molecular formula is C8H9BrN2O3. The first-order valence-corrected chi connectivity index (χ1v) is 4.67. The van der Waals surface area contributed by atoms with Crippen molar-refractivity contribution in [1.82, 2.24) is 0 Å². The van der Waals surface area contributed by atoms with E-state index in [1.165, 1.54) is 18.2 Å². The Kier molecular flexibility index (Phi) is 3.56. The fraction of sp³-hybridized carbons (Fsp3) is 0.250. The number of halogens is 1. The maximum Gasteiger partial charge on any atom is 0.270 e. The first kappa shape index (κ1) is 11.1. The van der Waals surface area contributed by atoms with E-state index in [1.54, 1.807) is 0 Å². The Bertz CT molecular complexity index is 356. The van der Waals surface area contributed by atoms with E-state index in [9.17, 15) is 15.2 Å². The fourth-order valence-corrected chi connectivity index (χ4v) is 1.66. The Morgan fingerprint density at radius 1 is 1.64 bits per heavy atom. The Hall–Kier alpha value is -0.980. The molecule has 14 heavy (non-hydrogen) atoms. The van der Waals surface area contributed by atoms with Crippen LogP contribution in [0.1, 0.15) is 11.7 Å². The largest absolute Gasteiger partial charge is 0.387 e. The van der Waals surface area contributed by atoms with Crippen LogP contribution in [0.15, 0.2) is 22.7 Å². The molecule has 1 unspecified atom stereocenters. The minimum atomic E-state index is -0.801. The standard InChI is InChI=1S/C8H9BrN2O3/c9-7-3-5(11(13)14)1-2-6(7)8(12)4-10/h1-3,8,12H,4,10H2. The normalized spacial score (nSPS) is 12.5. The van der Waals surface area contributed by atoms with Gasteiger partial charge in [0.2, 0.25) is 0 Å². The molecule has 3 N–H and O–H groups in total. The van der Waals surface area contributed by atoms with Crippen LogP contribution >= 0.6 is 15.9 Å². The molecule has 1 atom stereocenters. The van der Waals surface area contributed by atoms with Crippen LogP contribution in [-0.2, 0) is 0 Å². The van der Waals surface area contributed by atoms with Crippen LogP contribution in [0.2, 0.25) is 0 Å². The second kappa shape index (κ2) is 4.50. The molecule has 1 aromatic rings. The van der Waals surface area contributed by atoms with Gasteiger partial charge in [0.05, 0.1) is 11.0 Å². The topological polar surface area (TPSA) is 89.4 Å². The molecule has 0 saturated carbocycles. The van der Waals surface area contributed by atoms with Gasteiger partial charge in [0, 0.05) is 23.2 Å². The molecule has 0 aliphatic carbocycles. The molecule has 1 aromatic carbocycles. The van der Waals surface area contributed by atoms with Crippen LogP contribution in [0, 0.1) is 10.1 Å². The summed E-state index contributed by atoms with van der Waals surface area (Å²) in [5, 5.41) is 19.8. The highest BCUT2D eigenvalue weighted by atomic mass is 79.9. The fourth-order valence-electron chi connectivity index (χ4n) is 1.03. The number of nitro benzene ring substituents is 1. The summed E-state index contributed by atoms with van der Waals surface area (Å²) in [5.74, 6) is 0. The SMILES string of the molecule is NCC(O)c1ccc([N+](=O)[O-])cc1Br. The minimum Gasteiger partial charge on any atom is -0.387 e. The van der Waals surface area contributed by atoms with Crippen molar-refractivity contribution in [3.8, 4) is 0 Å². The van der Waals surface area contributed by atoms with E-state index in [4.69, 9.17) is 5.73 Å². The number of benzene rings is 1. The summed E-state index contributed by atoms with van der Waals surface area (Å²) in [4.78, 5) is 9.90. The molecular weight excluding hydrogens is 252 g/mol. The van der Waals surface area contributed by atoms with E-state index in [0.717, 1.165) is 0 Å². The number of nitro groups is 1. The second-order valence-electron chi connectivity index (χ2n) is 2.71. The quantitative estimate of drug-likeness (QED) is 0.634. The summed E-state index contributed by atoms with van der Waals surface area (Å²) >= 11 is 3.14. The van der Waals surface area contributed by atoms with Gasteiger partial charge in [-0.1, -0.05) is 15.9 Å². The third-order valence-electron chi connectivity index (χ3n) is 1.78. The van der Waals surface area contributed by atoms with Gasteiger partial charge < -0.3 is 10.8 Å². The minimum absolute atomic E-state index is 0.0233. The molecule has 0 amide bonds. The number of rotatable bonds is 3. The molecule has 6 heteroatoms. The molecule has 0 aliphatic rings. The van der Waals surface area contributed by atoms with Crippen LogP contribution in [0.4, 0.5) is 5.69 Å². The lowest BCUT2D eigenvalue weighted by atomic mass is 10.1. The Labute approximate surface area is 88.8 Å². The van der Waals surface area contributed by atoms with Gasteiger partial charge in [-0.25, -0.2) is 0 Å². The predicted octanol–water partition coefficient (Wildman–Crippen LogP) is 1.35. The zero-order chi connectivity index (χ0) is 10.7. The highest BCUT2D eigenvalue weighted by Gasteiger charge is 2.13. The van der Waals surface area contributed by atoms with Crippen molar-refractivity contribution in [3.05, 3.63) is 38.3 Å². The molecule has 0 bridgehead atoms. The Morgan fingerprint density at radius 3 is 2.71 bits per heavy atom. The molecule has 1 rings (SSSR count). The van der Waals surface area contributed by atoms with Gasteiger partial charge in [0.15, 0.2) is 0 Å². The van der Waals surface area contributed by atoms with Crippen molar-refractivity contribution in [2.75, 3.05) is 6.54 Å². The van der Waals surface area contributed by atoms with Gasteiger partial charge in [0.1, 0.15) is 0 Å².